The number of rotatable bonds is 13. The van der Waals surface area contributed by atoms with Crippen LogP contribution in [0.5, 0.6) is 23.0 Å². The fourth-order valence-corrected chi connectivity index (χ4v) is 8.45. The van der Waals surface area contributed by atoms with E-state index in [1.54, 1.807) is 0 Å². The van der Waals surface area contributed by atoms with Crippen LogP contribution in [0.25, 0.3) is 0 Å². The third-order valence-electron chi connectivity index (χ3n) is 5.82. The monoisotopic (exact) mass is 514 g/mol. The second kappa shape index (κ2) is 12.5. The van der Waals surface area contributed by atoms with E-state index in [4.69, 9.17) is 18.9 Å². The topological polar surface area (TPSA) is 36.9 Å². The van der Waals surface area contributed by atoms with Crippen LogP contribution in [-0.4, -0.2) is 29.9 Å². The first kappa shape index (κ1) is 25.6. The molecular formula is C30H34O4Si2. The second-order valence-corrected chi connectivity index (χ2v) is 14.1. The third kappa shape index (κ3) is 8.04. The summed E-state index contributed by atoms with van der Waals surface area (Å²) in [5, 5.41) is 0. The maximum Gasteiger partial charge on any atom is 0.219 e. The van der Waals surface area contributed by atoms with Gasteiger partial charge in [-0.2, -0.15) is 0 Å². The van der Waals surface area contributed by atoms with Crippen LogP contribution in [0.3, 0.4) is 0 Å². The molecule has 0 heterocycles. The predicted octanol–water partition coefficient (Wildman–Crippen LogP) is 5.82. The van der Waals surface area contributed by atoms with Crippen LogP contribution in [0.15, 0.2) is 121 Å². The van der Waals surface area contributed by atoms with Crippen molar-refractivity contribution in [3.8, 4) is 23.0 Å². The van der Waals surface area contributed by atoms with Crippen molar-refractivity contribution in [1.82, 2.24) is 0 Å². The molecule has 0 aromatic heterocycles. The second-order valence-electron chi connectivity index (χ2n) is 9.14. The van der Waals surface area contributed by atoms with Crippen molar-refractivity contribution in [2.24, 2.45) is 0 Å². The molecule has 4 aromatic rings. The van der Waals surface area contributed by atoms with E-state index in [1.165, 1.54) is 0 Å². The number of para-hydroxylation sites is 4. The van der Waals surface area contributed by atoms with E-state index in [-0.39, 0.29) is 0 Å². The van der Waals surface area contributed by atoms with Crippen molar-refractivity contribution < 1.29 is 18.9 Å². The van der Waals surface area contributed by atoms with E-state index in [1.807, 2.05) is 121 Å². The highest BCUT2D eigenvalue weighted by Crippen LogP contribution is 2.26. The molecule has 0 aliphatic carbocycles. The van der Waals surface area contributed by atoms with Crippen LogP contribution in [0.2, 0.25) is 12.1 Å². The molecule has 0 fully saturated rings. The van der Waals surface area contributed by atoms with Gasteiger partial charge in [0.05, 0.1) is 0 Å². The largest absolute Gasteiger partial charge is 0.458 e. The molecule has 0 bridgehead atoms. The summed E-state index contributed by atoms with van der Waals surface area (Å²) in [5.74, 6) is 3.30. The van der Waals surface area contributed by atoms with E-state index in [0.29, 0.717) is 0 Å². The molecule has 186 valence electrons. The fourth-order valence-electron chi connectivity index (χ4n) is 4.09. The summed E-state index contributed by atoms with van der Waals surface area (Å²) in [5.41, 5.74) is -1.32. The Morgan fingerprint density at radius 3 is 0.861 bits per heavy atom. The van der Waals surface area contributed by atoms with Crippen LogP contribution in [-0.2, 0) is 0 Å². The Kier molecular flexibility index (Phi) is 8.87. The lowest BCUT2D eigenvalue weighted by atomic mass is 10.3. The van der Waals surface area contributed by atoms with Gasteiger partial charge in [0.2, 0.25) is 10.8 Å². The summed E-state index contributed by atoms with van der Waals surface area (Å²) < 4.78 is 25.7. The zero-order valence-corrected chi connectivity index (χ0v) is 23.8. The smallest absolute Gasteiger partial charge is 0.219 e. The van der Waals surface area contributed by atoms with Crippen LogP contribution < -0.4 is 18.9 Å². The molecule has 4 nitrogen and oxygen atoms in total. The van der Waals surface area contributed by atoms with E-state index < -0.39 is 29.9 Å². The van der Waals surface area contributed by atoms with Gasteiger partial charge in [0.25, 0.3) is 0 Å². The van der Waals surface area contributed by atoms with E-state index in [0.717, 1.165) is 35.1 Å². The predicted molar refractivity (Wildman–Crippen MR) is 152 cm³/mol. The van der Waals surface area contributed by atoms with Gasteiger partial charge in [-0.15, -0.1) is 0 Å². The Hall–Kier alpha value is -3.49. The molecule has 0 saturated heterocycles. The average Bonchev–Trinajstić information content (AvgIpc) is 2.89. The number of benzene rings is 4. The van der Waals surface area contributed by atoms with Gasteiger partial charge in [-0.1, -0.05) is 84.9 Å². The number of hydrogen-bond donors (Lipinski definition) is 0. The molecule has 0 radical (unpaired) electrons. The molecule has 0 amide bonds. The molecule has 0 aliphatic rings. The van der Waals surface area contributed by atoms with E-state index in [9.17, 15) is 0 Å². The molecule has 4 rings (SSSR count). The summed E-state index contributed by atoms with van der Waals surface area (Å²) in [7, 11) is -1.58. The minimum atomic E-state index is -0.789. The lowest BCUT2D eigenvalue weighted by molar-refractivity contribution is -0.0272. The molecule has 0 spiro atoms. The number of ether oxygens (including phenoxy) is 4. The molecule has 4 aromatic carbocycles. The minimum absolute atomic E-state index is 0.659. The molecule has 0 N–H and O–H groups in total. The van der Waals surface area contributed by atoms with Gasteiger partial charge in [0, 0.05) is 13.8 Å². The summed E-state index contributed by atoms with van der Waals surface area (Å²) in [4.78, 5) is 0. The van der Waals surface area contributed by atoms with Gasteiger partial charge in [-0.05, 0) is 48.5 Å². The standard InChI is InChI=1S/C30H34O4Si2/c1-29(31-25-15-7-3-8-16-25,32-26-17-9-4-10-18-26)35-23-24-36-30(2,33-27-19-11-5-12-20-27)34-28-21-13-6-14-22-28/h3-22H,23-24,35-36H2,1-2H3. The molecule has 0 saturated carbocycles. The fraction of sp³-hybridized carbons (Fsp3) is 0.200. The van der Waals surface area contributed by atoms with E-state index >= 15 is 0 Å². The Morgan fingerprint density at radius 1 is 0.417 bits per heavy atom. The zero-order valence-electron chi connectivity index (χ0n) is 21.0. The Labute approximate surface area is 218 Å². The first-order valence-electron chi connectivity index (χ1n) is 12.5. The summed E-state index contributed by atoms with van der Waals surface area (Å²) in [6, 6.07) is 41.8. The Morgan fingerprint density at radius 2 is 0.639 bits per heavy atom. The maximum absolute atomic E-state index is 6.42. The summed E-state index contributed by atoms with van der Waals surface area (Å²) in [6.45, 7) is 4.14. The van der Waals surface area contributed by atoms with Gasteiger partial charge < -0.3 is 18.9 Å². The lowest BCUT2D eigenvalue weighted by Gasteiger charge is -2.33. The third-order valence-corrected chi connectivity index (χ3v) is 10.9. The summed E-state index contributed by atoms with van der Waals surface area (Å²) >= 11 is 0. The van der Waals surface area contributed by atoms with Crippen LogP contribution in [0.4, 0.5) is 0 Å². The highest BCUT2D eigenvalue weighted by Gasteiger charge is 2.32. The SMILES string of the molecule is CC(Oc1ccccc1)(Oc1ccccc1)[SiH2]CC[SiH2]C(C)(Oc1ccccc1)Oc1ccccc1. The molecule has 0 atom stereocenters. The van der Waals surface area contributed by atoms with Gasteiger partial charge in [-0.25, -0.2) is 0 Å². The highest BCUT2D eigenvalue weighted by atomic mass is 28.2. The van der Waals surface area contributed by atoms with Crippen LogP contribution in [0, 0.1) is 0 Å². The van der Waals surface area contributed by atoms with Gasteiger partial charge >= 0.3 is 0 Å². The van der Waals surface area contributed by atoms with Crippen molar-refractivity contribution in [1.29, 1.82) is 0 Å². The highest BCUT2D eigenvalue weighted by molar-refractivity contribution is 6.45. The Bertz CT molecular complexity index is 981. The van der Waals surface area contributed by atoms with Crippen molar-refractivity contribution in [2.45, 2.75) is 36.8 Å². The van der Waals surface area contributed by atoms with Crippen LogP contribution in [0.1, 0.15) is 13.8 Å². The normalized spacial score (nSPS) is 12.2. The zero-order chi connectivity index (χ0) is 25.1. The Balaban J connectivity index is 1.42. The maximum atomic E-state index is 6.42. The van der Waals surface area contributed by atoms with Crippen LogP contribution >= 0.6 is 0 Å². The first-order chi connectivity index (χ1) is 17.5. The average molecular weight is 515 g/mol. The van der Waals surface area contributed by atoms with Crippen molar-refractivity contribution >= 4 is 19.0 Å². The molecule has 0 aliphatic heterocycles. The lowest BCUT2D eigenvalue weighted by Crippen LogP contribution is -2.47. The van der Waals surface area contributed by atoms with Crippen molar-refractivity contribution in [2.75, 3.05) is 0 Å². The molecule has 0 unspecified atom stereocenters. The van der Waals surface area contributed by atoms with Crippen molar-refractivity contribution in [3.05, 3.63) is 121 Å². The first-order valence-corrected chi connectivity index (χ1v) is 15.9. The molecule has 6 heteroatoms. The van der Waals surface area contributed by atoms with Gasteiger partial charge in [0.15, 0.2) is 0 Å². The minimum Gasteiger partial charge on any atom is -0.458 e. The quantitative estimate of drug-likeness (QED) is 0.128. The number of hydrogen-bond acceptors (Lipinski definition) is 4. The van der Waals surface area contributed by atoms with Crippen molar-refractivity contribution in [3.63, 3.8) is 0 Å². The van der Waals surface area contributed by atoms with Gasteiger partial charge in [0.1, 0.15) is 42.0 Å². The molecular weight excluding hydrogens is 480 g/mol. The van der Waals surface area contributed by atoms with E-state index in [2.05, 4.69) is 13.8 Å². The molecule has 36 heavy (non-hydrogen) atoms. The summed E-state index contributed by atoms with van der Waals surface area (Å²) in [6.07, 6.45) is 0. The van der Waals surface area contributed by atoms with Gasteiger partial charge in [-0.3, -0.25) is 0 Å².